The molecule has 2 saturated heterocycles. The number of likely N-dealkylation sites (tertiary alicyclic amines) is 1. The van der Waals surface area contributed by atoms with Gasteiger partial charge in [-0.1, -0.05) is 67.2 Å². The maximum absolute atomic E-state index is 14.5. The molecule has 2 heterocycles. The van der Waals surface area contributed by atoms with Gasteiger partial charge in [-0.15, -0.1) is 0 Å². The molecule has 4 N–H and O–H groups in total. The average Bonchev–Trinajstić information content (AvgIpc) is 4.00. The van der Waals surface area contributed by atoms with Crippen molar-refractivity contribution in [1.82, 2.24) is 30.5 Å². The highest BCUT2D eigenvalue weighted by molar-refractivity contribution is 7.90. The number of piperidine rings is 1. The summed E-state index contributed by atoms with van der Waals surface area (Å²) < 4.78 is 29.2. The quantitative estimate of drug-likeness (QED) is 0.225. The third-order valence-electron chi connectivity index (χ3n) is 12.5. The summed E-state index contributed by atoms with van der Waals surface area (Å²) in [7, 11) is -3.59. The van der Waals surface area contributed by atoms with Crippen molar-refractivity contribution in [2.75, 3.05) is 13.1 Å². The van der Waals surface area contributed by atoms with Crippen molar-refractivity contribution < 1.29 is 32.4 Å². The van der Waals surface area contributed by atoms with E-state index in [0.717, 1.165) is 44.9 Å². The van der Waals surface area contributed by atoms with Gasteiger partial charge in [0.2, 0.25) is 27.6 Å². The zero-order chi connectivity index (χ0) is 36.4. The lowest BCUT2D eigenvalue weighted by molar-refractivity contribution is -0.145. The van der Waals surface area contributed by atoms with E-state index in [1.54, 1.807) is 9.21 Å². The van der Waals surface area contributed by atoms with E-state index in [2.05, 4.69) is 35.1 Å². The highest BCUT2D eigenvalue weighted by Gasteiger charge is 2.70. The second-order valence-corrected chi connectivity index (χ2v) is 19.7. The van der Waals surface area contributed by atoms with Crippen molar-refractivity contribution in [2.24, 2.45) is 22.7 Å². The standard InChI is InChI=1S/C36H58N6O7S/c1-7-11-24(28(43)31(45)37-21-12-13-21)38-30(44)27-26-23(35(26,5)6)20-41(27)32(46)29(34(2,3)4)39-33(47)40-36(17-9-8-10-18-36)25-16-19-42(22-14-15-22)50(25,48)49/h21-27,29H,7-20H2,1-6H3,(H,37,45)(H,38,44)(H2,39,40,47)/t23-,24-,25+,26-,27-,29+/m0/s1. The lowest BCUT2D eigenvalue weighted by Gasteiger charge is -2.43. The number of nitrogens with zero attached hydrogens (tertiary/aromatic N) is 2. The van der Waals surface area contributed by atoms with E-state index in [9.17, 15) is 32.4 Å². The summed E-state index contributed by atoms with van der Waals surface area (Å²) in [6.07, 6.45) is 8.46. The molecule has 5 amide bonds. The molecule has 0 spiro atoms. The second kappa shape index (κ2) is 13.3. The Labute approximate surface area is 297 Å². The van der Waals surface area contributed by atoms with Crippen molar-refractivity contribution >= 4 is 39.6 Å². The molecule has 0 aromatic rings. The van der Waals surface area contributed by atoms with Crippen LogP contribution in [0.1, 0.15) is 119 Å². The number of sulfonamides is 1. The molecule has 0 bridgehead atoms. The zero-order valence-electron chi connectivity index (χ0n) is 30.7. The Hall–Kier alpha value is -2.74. The molecule has 6 aliphatic rings. The van der Waals surface area contributed by atoms with E-state index >= 15 is 0 Å². The van der Waals surface area contributed by atoms with Gasteiger partial charge in [0.15, 0.2) is 0 Å². The largest absolute Gasteiger partial charge is 0.347 e. The summed E-state index contributed by atoms with van der Waals surface area (Å²) in [5.74, 6) is -2.30. The number of rotatable bonds is 12. The van der Waals surface area contributed by atoms with Crippen LogP contribution in [0.3, 0.4) is 0 Å². The second-order valence-electron chi connectivity index (χ2n) is 17.6. The van der Waals surface area contributed by atoms with Crippen LogP contribution in [0, 0.1) is 22.7 Å². The smallest absolute Gasteiger partial charge is 0.315 e. The maximum atomic E-state index is 14.5. The Bertz CT molecular complexity index is 1490. The molecule has 280 valence electrons. The third-order valence-corrected chi connectivity index (χ3v) is 15.0. The summed E-state index contributed by atoms with van der Waals surface area (Å²) in [5.41, 5.74) is -1.87. The minimum absolute atomic E-state index is 0.00687. The fraction of sp³-hybridized carbons (Fsp3) is 0.861. The van der Waals surface area contributed by atoms with E-state index in [1.807, 2.05) is 27.7 Å². The van der Waals surface area contributed by atoms with Crippen LogP contribution in [0.15, 0.2) is 0 Å². The van der Waals surface area contributed by atoms with Crippen LogP contribution in [-0.2, 0) is 29.2 Å². The number of amides is 5. The molecule has 0 aromatic carbocycles. The van der Waals surface area contributed by atoms with Gasteiger partial charge < -0.3 is 26.2 Å². The summed E-state index contributed by atoms with van der Waals surface area (Å²) in [5, 5.41) is 10.9. The van der Waals surface area contributed by atoms with Gasteiger partial charge in [-0.25, -0.2) is 13.2 Å². The van der Waals surface area contributed by atoms with Crippen LogP contribution in [0.5, 0.6) is 0 Å². The van der Waals surface area contributed by atoms with Gasteiger partial charge in [-0.2, -0.15) is 4.31 Å². The summed E-state index contributed by atoms with van der Waals surface area (Å²) >= 11 is 0. The Morgan fingerprint density at radius 3 is 2.16 bits per heavy atom. The van der Waals surface area contributed by atoms with E-state index in [0.29, 0.717) is 45.2 Å². The lowest BCUT2D eigenvalue weighted by Crippen LogP contribution is -2.65. The Kier molecular flexibility index (Phi) is 9.89. The van der Waals surface area contributed by atoms with Crippen molar-refractivity contribution in [1.29, 1.82) is 0 Å². The van der Waals surface area contributed by atoms with Crippen molar-refractivity contribution in [3.05, 3.63) is 0 Å². The Morgan fingerprint density at radius 1 is 0.920 bits per heavy atom. The molecule has 0 radical (unpaired) electrons. The summed E-state index contributed by atoms with van der Waals surface area (Å²) in [6.45, 7) is 12.4. The minimum Gasteiger partial charge on any atom is -0.347 e. The van der Waals surface area contributed by atoms with Gasteiger partial charge in [0, 0.05) is 25.2 Å². The molecule has 6 rings (SSSR count). The molecular formula is C36H58N6O7S. The molecule has 6 atom stereocenters. The van der Waals surface area contributed by atoms with Gasteiger partial charge in [0.1, 0.15) is 12.1 Å². The Morgan fingerprint density at radius 2 is 1.58 bits per heavy atom. The molecule has 14 heteroatoms. The molecule has 13 nitrogen and oxygen atoms in total. The van der Waals surface area contributed by atoms with Crippen molar-refractivity contribution in [3.63, 3.8) is 0 Å². The summed E-state index contributed by atoms with van der Waals surface area (Å²) in [4.78, 5) is 69.9. The number of urea groups is 1. The van der Waals surface area contributed by atoms with E-state index in [4.69, 9.17) is 0 Å². The highest BCUT2D eigenvalue weighted by atomic mass is 32.2. The molecule has 6 fully saturated rings. The van der Waals surface area contributed by atoms with Crippen LogP contribution >= 0.6 is 0 Å². The summed E-state index contributed by atoms with van der Waals surface area (Å²) in [6, 6.07) is -3.38. The first kappa shape index (κ1) is 37.0. The first-order valence-corrected chi connectivity index (χ1v) is 20.5. The van der Waals surface area contributed by atoms with Crippen molar-refractivity contribution in [2.45, 2.75) is 160 Å². The number of Topliss-reactive ketones (excluding diaryl/α,β-unsaturated/α-hetero) is 1. The van der Waals surface area contributed by atoms with Crippen LogP contribution in [0.4, 0.5) is 4.79 Å². The number of carbonyl (C=O) groups excluding carboxylic acids is 5. The minimum atomic E-state index is -3.59. The number of ketones is 1. The number of hydrogen-bond donors (Lipinski definition) is 4. The van der Waals surface area contributed by atoms with Gasteiger partial charge in [-0.05, 0) is 74.0 Å². The predicted molar refractivity (Wildman–Crippen MR) is 187 cm³/mol. The zero-order valence-corrected chi connectivity index (χ0v) is 31.5. The third kappa shape index (κ3) is 7.04. The van der Waals surface area contributed by atoms with Crippen LogP contribution in [0.2, 0.25) is 0 Å². The first-order valence-electron chi connectivity index (χ1n) is 19.0. The monoisotopic (exact) mass is 718 g/mol. The van der Waals surface area contributed by atoms with E-state index in [-0.39, 0.29) is 29.3 Å². The Balaban J connectivity index is 1.19. The van der Waals surface area contributed by atoms with Crippen LogP contribution in [-0.4, -0.2) is 101 Å². The van der Waals surface area contributed by atoms with Gasteiger partial charge in [0.05, 0.1) is 16.8 Å². The molecular weight excluding hydrogens is 660 g/mol. The molecule has 50 heavy (non-hydrogen) atoms. The molecule has 0 aromatic heterocycles. The highest BCUT2D eigenvalue weighted by Crippen LogP contribution is 2.65. The molecule has 4 aliphatic carbocycles. The van der Waals surface area contributed by atoms with Gasteiger partial charge >= 0.3 is 6.03 Å². The number of nitrogens with one attached hydrogen (secondary N) is 4. The van der Waals surface area contributed by atoms with E-state index < -0.39 is 73.9 Å². The number of fused-ring (bicyclic) bond motifs is 1. The molecule has 4 saturated carbocycles. The van der Waals surface area contributed by atoms with Crippen LogP contribution < -0.4 is 21.3 Å². The first-order chi connectivity index (χ1) is 23.4. The number of hydrogen-bond acceptors (Lipinski definition) is 7. The molecule has 2 aliphatic heterocycles. The topological polar surface area (TPSA) is 174 Å². The van der Waals surface area contributed by atoms with Crippen LogP contribution in [0.25, 0.3) is 0 Å². The van der Waals surface area contributed by atoms with Gasteiger partial charge in [0.25, 0.3) is 5.91 Å². The van der Waals surface area contributed by atoms with Crippen molar-refractivity contribution in [3.8, 4) is 0 Å². The fourth-order valence-electron chi connectivity index (χ4n) is 9.19. The SMILES string of the molecule is CCC[C@H](NC(=O)[C@@H]1[C@@H]2[C@H](CN1C(=O)[C@@H](NC(=O)NC1([C@H]3CCN(C4CC4)S3(=O)=O)CCCCC1)C(C)(C)C)C2(C)C)C(=O)C(=O)NC1CC1. The fourth-order valence-corrected chi connectivity index (χ4v) is 11.8. The molecule has 0 unspecified atom stereocenters. The number of carbonyl (C=O) groups is 5. The lowest BCUT2D eigenvalue weighted by atomic mass is 9.78. The average molecular weight is 719 g/mol. The maximum Gasteiger partial charge on any atom is 0.315 e. The predicted octanol–water partition coefficient (Wildman–Crippen LogP) is 2.59. The van der Waals surface area contributed by atoms with Gasteiger partial charge in [-0.3, -0.25) is 19.2 Å². The normalized spacial score (nSPS) is 30.8. The van der Waals surface area contributed by atoms with E-state index in [1.165, 1.54) is 0 Å².